The summed E-state index contributed by atoms with van der Waals surface area (Å²) in [6.07, 6.45) is 6.65. The molecule has 0 aliphatic heterocycles. The van der Waals surface area contributed by atoms with E-state index >= 15 is 0 Å². The average Bonchev–Trinajstić information content (AvgIpc) is 2.94. The number of furan rings is 1. The predicted molar refractivity (Wildman–Crippen MR) is 65.7 cm³/mol. The molecule has 1 N–H and O–H groups in total. The Morgan fingerprint density at radius 3 is 3.18 bits per heavy atom. The first-order chi connectivity index (χ1) is 8.22. The second-order valence-electron chi connectivity index (χ2n) is 3.29. The summed E-state index contributed by atoms with van der Waals surface area (Å²) in [7, 11) is 0. The van der Waals surface area contributed by atoms with Crippen LogP contribution in [-0.4, -0.2) is 17.4 Å². The Bertz CT molecular complexity index is 564. The van der Waals surface area contributed by atoms with E-state index in [0.29, 0.717) is 16.5 Å². The van der Waals surface area contributed by atoms with Crippen molar-refractivity contribution in [3.63, 3.8) is 0 Å². The number of hydrogen-bond donors (Lipinski definition) is 1. The van der Waals surface area contributed by atoms with Crippen molar-refractivity contribution in [3.05, 3.63) is 29.0 Å². The number of nitrogens with zero attached hydrogens (tertiary/aromatic N) is 1. The van der Waals surface area contributed by atoms with Gasteiger partial charge in [0.2, 0.25) is 0 Å². The van der Waals surface area contributed by atoms with E-state index in [1.165, 1.54) is 11.3 Å². The van der Waals surface area contributed by atoms with Gasteiger partial charge in [-0.05, 0) is 19.1 Å². The maximum Gasteiger partial charge on any atom is 0.271 e. The van der Waals surface area contributed by atoms with E-state index in [4.69, 9.17) is 10.8 Å². The van der Waals surface area contributed by atoms with Gasteiger partial charge in [0.25, 0.3) is 5.91 Å². The average molecular weight is 246 g/mol. The Balaban J connectivity index is 2.26. The number of carbonyl (C=O) groups excluding carboxylic acids is 1. The molecule has 0 atom stereocenters. The zero-order chi connectivity index (χ0) is 12.3. The Hall–Kier alpha value is -2.06. The van der Waals surface area contributed by atoms with Crippen LogP contribution in [0.25, 0.3) is 10.8 Å². The molecular weight excluding hydrogens is 236 g/mol. The van der Waals surface area contributed by atoms with Crippen molar-refractivity contribution in [3.8, 4) is 23.1 Å². The van der Waals surface area contributed by atoms with Crippen molar-refractivity contribution in [1.82, 2.24) is 10.3 Å². The summed E-state index contributed by atoms with van der Waals surface area (Å²) in [5.74, 6) is 2.75. The number of terminal acetylenes is 1. The maximum absolute atomic E-state index is 11.7. The largest absolute Gasteiger partial charge is 0.462 e. The third-order valence-corrected chi connectivity index (χ3v) is 3.08. The lowest BCUT2D eigenvalue weighted by Gasteiger charge is -1.97. The minimum absolute atomic E-state index is 0.200. The van der Waals surface area contributed by atoms with E-state index < -0.39 is 0 Å². The Labute approximate surface area is 103 Å². The van der Waals surface area contributed by atoms with Crippen LogP contribution < -0.4 is 5.32 Å². The molecular formula is C12H10N2O2S. The number of rotatable bonds is 3. The molecule has 1 amide bonds. The Kier molecular flexibility index (Phi) is 3.26. The molecule has 0 saturated carbocycles. The van der Waals surface area contributed by atoms with Crippen LogP contribution in [0.15, 0.2) is 22.8 Å². The first-order valence-electron chi connectivity index (χ1n) is 4.95. The lowest BCUT2D eigenvalue weighted by atomic mass is 10.3. The third kappa shape index (κ3) is 2.37. The summed E-state index contributed by atoms with van der Waals surface area (Å²) in [6.45, 7) is 2.04. The first kappa shape index (κ1) is 11.4. The summed E-state index contributed by atoms with van der Waals surface area (Å²) in [4.78, 5) is 16.8. The van der Waals surface area contributed by atoms with Gasteiger partial charge in [-0.1, -0.05) is 5.92 Å². The molecule has 0 bridgehead atoms. The second-order valence-corrected chi connectivity index (χ2v) is 4.49. The molecule has 4 nitrogen and oxygen atoms in total. The molecule has 0 fully saturated rings. The summed E-state index contributed by atoms with van der Waals surface area (Å²) < 4.78 is 5.23. The molecule has 0 saturated heterocycles. The van der Waals surface area contributed by atoms with Gasteiger partial charge >= 0.3 is 0 Å². The van der Waals surface area contributed by atoms with E-state index in [2.05, 4.69) is 16.2 Å². The minimum atomic E-state index is -0.255. The van der Waals surface area contributed by atoms with Crippen LogP contribution in [-0.2, 0) is 0 Å². The Morgan fingerprint density at radius 2 is 2.53 bits per heavy atom. The fourth-order valence-corrected chi connectivity index (χ4v) is 2.21. The summed E-state index contributed by atoms with van der Waals surface area (Å²) in [5, 5.41) is 3.28. The number of amides is 1. The molecule has 0 aliphatic carbocycles. The topological polar surface area (TPSA) is 55.1 Å². The molecule has 0 spiro atoms. The first-order valence-corrected chi connectivity index (χ1v) is 5.77. The maximum atomic E-state index is 11.7. The monoisotopic (exact) mass is 246 g/mol. The number of nitrogens with one attached hydrogen (secondary N) is 1. The molecule has 86 valence electrons. The second kappa shape index (κ2) is 4.85. The van der Waals surface area contributed by atoms with Gasteiger partial charge in [-0.25, -0.2) is 4.98 Å². The molecule has 0 aliphatic rings. The van der Waals surface area contributed by atoms with Crippen molar-refractivity contribution >= 4 is 17.2 Å². The fraction of sp³-hybridized carbons (Fsp3) is 0.167. The van der Waals surface area contributed by atoms with Crippen LogP contribution in [0.5, 0.6) is 0 Å². The van der Waals surface area contributed by atoms with E-state index in [9.17, 15) is 4.79 Å². The molecule has 2 aromatic heterocycles. The van der Waals surface area contributed by atoms with Crippen molar-refractivity contribution in [2.75, 3.05) is 6.54 Å². The van der Waals surface area contributed by atoms with E-state index in [1.807, 2.05) is 6.92 Å². The highest BCUT2D eigenvalue weighted by Gasteiger charge is 2.16. The van der Waals surface area contributed by atoms with Crippen LogP contribution in [0, 0.1) is 19.3 Å². The van der Waals surface area contributed by atoms with Gasteiger partial charge in [0, 0.05) is 4.88 Å². The number of carbonyl (C=O) groups is 1. The van der Waals surface area contributed by atoms with E-state index in [1.54, 1.807) is 18.4 Å². The number of hydrogen-bond acceptors (Lipinski definition) is 4. The van der Waals surface area contributed by atoms with Gasteiger partial charge < -0.3 is 9.73 Å². The normalized spacial score (nSPS) is 9.88. The molecule has 0 unspecified atom stereocenters. The van der Waals surface area contributed by atoms with Crippen molar-refractivity contribution < 1.29 is 9.21 Å². The van der Waals surface area contributed by atoms with Gasteiger partial charge in [-0.3, -0.25) is 4.79 Å². The highest BCUT2D eigenvalue weighted by Crippen LogP contribution is 2.27. The van der Waals surface area contributed by atoms with Crippen LogP contribution >= 0.6 is 11.3 Å². The minimum Gasteiger partial charge on any atom is -0.462 e. The SMILES string of the molecule is C#CCNC(=O)c1nc(-c2ccco2)sc1C. The molecule has 0 radical (unpaired) electrons. The highest BCUT2D eigenvalue weighted by molar-refractivity contribution is 7.15. The summed E-state index contributed by atoms with van der Waals surface area (Å²) in [5.41, 5.74) is 0.400. The lowest BCUT2D eigenvalue weighted by Crippen LogP contribution is -2.24. The van der Waals surface area contributed by atoms with Gasteiger partial charge in [-0.2, -0.15) is 0 Å². The lowest BCUT2D eigenvalue weighted by molar-refractivity contribution is 0.0954. The molecule has 2 rings (SSSR count). The van der Waals surface area contributed by atoms with Crippen LogP contribution in [0.3, 0.4) is 0 Å². The van der Waals surface area contributed by atoms with E-state index in [0.717, 1.165) is 4.88 Å². The van der Waals surface area contributed by atoms with Crippen LogP contribution in [0.2, 0.25) is 0 Å². The Morgan fingerprint density at radius 1 is 1.71 bits per heavy atom. The zero-order valence-corrected chi connectivity index (χ0v) is 10.0. The summed E-state index contributed by atoms with van der Waals surface area (Å²) in [6, 6.07) is 3.59. The number of thiazole rings is 1. The third-order valence-electron chi connectivity index (χ3n) is 2.09. The highest BCUT2D eigenvalue weighted by atomic mass is 32.1. The number of aryl methyl sites for hydroxylation is 1. The van der Waals surface area contributed by atoms with Crippen molar-refractivity contribution in [2.45, 2.75) is 6.92 Å². The molecule has 5 heteroatoms. The summed E-state index contributed by atoms with van der Waals surface area (Å²) >= 11 is 1.42. The molecule has 0 aromatic carbocycles. The van der Waals surface area contributed by atoms with E-state index in [-0.39, 0.29) is 12.5 Å². The van der Waals surface area contributed by atoms with Gasteiger partial charge in [0.1, 0.15) is 5.69 Å². The van der Waals surface area contributed by atoms with Gasteiger partial charge in [-0.15, -0.1) is 17.8 Å². The van der Waals surface area contributed by atoms with Crippen LogP contribution in [0.1, 0.15) is 15.4 Å². The molecule has 2 heterocycles. The van der Waals surface area contributed by atoms with Crippen LogP contribution in [0.4, 0.5) is 0 Å². The zero-order valence-electron chi connectivity index (χ0n) is 9.19. The number of aromatic nitrogens is 1. The fourth-order valence-electron chi connectivity index (χ4n) is 1.33. The van der Waals surface area contributed by atoms with Gasteiger partial charge in [0.05, 0.1) is 12.8 Å². The smallest absolute Gasteiger partial charge is 0.271 e. The van der Waals surface area contributed by atoms with Crippen molar-refractivity contribution in [1.29, 1.82) is 0 Å². The quantitative estimate of drug-likeness (QED) is 0.843. The van der Waals surface area contributed by atoms with Gasteiger partial charge in [0.15, 0.2) is 10.8 Å². The van der Waals surface area contributed by atoms with Crippen molar-refractivity contribution in [2.24, 2.45) is 0 Å². The predicted octanol–water partition coefficient (Wildman–Crippen LogP) is 2.07. The molecule has 17 heavy (non-hydrogen) atoms. The molecule has 2 aromatic rings. The standard InChI is InChI=1S/C12H10N2O2S/c1-3-6-13-11(15)10-8(2)17-12(14-10)9-5-4-7-16-9/h1,4-5,7H,6H2,2H3,(H,13,15).